The van der Waals surface area contributed by atoms with Gasteiger partial charge in [-0.3, -0.25) is 4.68 Å². The highest BCUT2D eigenvalue weighted by atomic mass is 32.1. The zero-order chi connectivity index (χ0) is 14.8. The van der Waals surface area contributed by atoms with Crippen molar-refractivity contribution < 1.29 is 5.11 Å². The number of aryl methyl sites for hydroxylation is 1. The summed E-state index contributed by atoms with van der Waals surface area (Å²) in [4.78, 5) is 4.62. The fourth-order valence-electron chi connectivity index (χ4n) is 1.94. The average Bonchev–Trinajstić information content (AvgIpc) is 2.97. The van der Waals surface area contributed by atoms with Crippen molar-refractivity contribution in [1.29, 1.82) is 0 Å². The predicted molar refractivity (Wildman–Crippen MR) is 82.0 cm³/mol. The number of nitrogens with zero attached hydrogens (tertiary/aromatic N) is 3. The molecular weight excluding hydrogens is 270 g/mol. The molecule has 1 atom stereocenters. The lowest BCUT2D eigenvalue weighted by Crippen LogP contribution is -2.11. The molecule has 0 aliphatic carbocycles. The Morgan fingerprint density at radius 1 is 1.40 bits per heavy atom. The molecule has 0 amide bonds. The van der Waals surface area contributed by atoms with E-state index in [0.717, 1.165) is 29.2 Å². The van der Waals surface area contributed by atoms with E-state index >= 15 is 0 Å². The van der Waals surface area contributed by atoms with Gasteiger partial charge in [0.05, 0.1) is 23.0 Å². The van der Waals surface area contributed by atoms with Gasteiger partial charge in [-0.25, -0.2) is 4.98 Å². The summed E-state index contributed by atoms with van der Waals surface area (Å²) < 4.78 is 1.88. The number of hydrogen-bond donors (Lipinski definition) is 1. The summed E-state index contributed by atoms with van der Waals surface area (Å²) in [6.45, 7) is 9.45. The number of hydrogen-bond acceptors (Lipinski definition) is 4. The summed E-state index contributed by atoms with van der Waals surface area (Å²) in [5.41, 5.74) is 2.02. The van der Waals surface area contributed by atoms with Crippen LogP contribution >= 0.6 is 11.3 Å². The third kappa shape index (κ3) is 3.67. The maximum absolute atomic E-state index is 10.3. The maximum atomic E-state index is 10.3. The van der Waals surface area contributed by atoms with Crippen LogP contribution in [0.2, 0.25) is 0 Å². The number of thiazole rings is 1. The van der Waals surface area contributed by atoms with E-state index in [9.17, 15) is 5.11 Å². The lowest BCUT2D eigenvalue weighted by molar-refractivity contribution is 0.178. The monoisotopic (exact) mass is 293 g/mol. The normalized spacial score (nSPS) is 13.7. The van der Waals surface area contributed by atoms with Gasteiger partial charge in [-0.1, -0.05) is 27.7 Å². The topological polar surface area (TPSA) is 50.9 Å². The van der Waals surface area contributed by atoms with Crippen LogP contribution in [0.1, 0.15) is 56.5 Å². The van der Waals surface area contributed by atoms with Crippen LogP contribution in [0.5, 0.6) is 0 Å². The third-order valence-corrected chi connectivity index (χ3v) is 4.05. The van der Waals surface area contributed by atoms with E-state index < -0.39 is 6.10 Å². The Balaban J connectivity index is 2.03. The number of aliphatic hydroxyl groups is 1. The molecule has 0 aromatic carbocycles. The molecule has 0 fully saturated rings. The Hall–Kier alpha value is -1.20. The van der Waals surface area contributed by atoms with Crippen LogP contribution in [0, 0.1) is 0 Å². The quantitative estimate of drug-likeness (QED) is 0.920. The average molecular weight is 293 g/mol. The third-order valence-electron chi connectivity index (χ3n) is 3.18. The molecule has 4 nitrogen and oxygen atoms in total. The van der Waals surface area contributed by atoms with Crippen LogP contribution in [-0.4, -0.2) is 19.9 Å². The largest absolute Gasteiger partial charge is 0.388 e. The van der Waals surface area contributed by atoms with E-state index in [0.29, 0.717) is 6.42 Å². The highest BCUT2D eigenvalue weighted by molar-refractivity contribution is 7.09. The second-order valence-corrected chi connectivity index (χ2v) is 7.08. The van der Waals surface area contributed by atoms with Gasteiger partial charge in [-0.05, 0) is 6.42 Å². The Labute approximate surface area is 124 Å². The van der Waals surface area contributed by atoms with Crippen molar-refractivity contribution >= 4 is 11.3 Å². The van der Waals surface area contributed by atoms with Crippen molar-refractivity contribution in [3.63, 3.8) is 0 Å². The van der Waals surface area contributed by atoms with E-state index in [1.54, 1.807) is 17.5 Å². The first kappa shape index (κ1) is 15.2. The molecule has 2 rings (SSSR count). The molecule has 0 aliphatic heterocycles. The standard InChI is InChI=1S/C15H23N3OS/c1-5-6-18-9-11(8-16-18)12(19)7-14-17-13(10-20-14)15(2,3)4/h8-10,12,19H,5-7H2,1-4H3. The molecule has 2 heterocycles. The van der Waals surface area contributed by atoms with E-state index in [2.05, 4.69) is 43.2 Å². The van der Waals surface area contributed by atoms with Gasteiger partial charge in [-0.2, -0.15) is 5.10 Å². The second-order valence-electron chi connectivity index (χ2n) is 6.13. The lowest BCUT2D eigenvalue weighted by Gasteiger charge is -2.14. The van der Waals surface area contributed by atoms with Gasteiger partial charge < -0.3 is 5.11 Å². The highest BCUT2D eigenvalue weighted by Gasteiger charge is 2.19. The molecule has 110 valence electrons. The minimum Gasteiger partial charge on any atom is -0.388 e. The van der Waals surface area contributed by atoms with Crippen LogP contribution in [0.3, 0.4) is 0 Å². The highest BCUT2D eigenvalue weighted by Crippen LogP contribution is 2.26. The molecule has 0 radical (unpaired) electrons. The van der Waals surface area contributed by atoms with Crippen LogP contribution in [-0.2, 0) is 18.4 Å². The van der Waals surface area contributed by atoms with Gasteiger partial charge in [-0.15, -0.1) is 11.3 Å². The van der Waals surface area contributed by atoms with Crippen LogP contribution in [0.15, 0.2) is 17.8 Å². The van der Waals surface area contributed by atoms with Gasteiger partial charge in [0, 0.05) is 35.5 Å². The fraction of sp³-hybridized carbons (Fsp3) is 0.600. The van der Waals surface area contributed by atoms with Crippen molar-refractivity contribution in [3.05, 3.63) is 34.0 Å². The van der Waals surface area contributed by atoms with E-state index in [1.165, 1.54) is 0 Å². The molecule has 0 saturated heterocycles. The molecule has 2 aromatic heterocycles. The van der Waals surface area contributed by atoms with Crippen molar-refractivity contribution in [2.75, 3.05) is 0 Å². The van der Waals surface area contributed by atoms with Crippen molar-refractivity contribution in [2.24, 2.45) is 0 Å². The zero-order valence-corrected chi connectivity index (χ0v) is 13.4. The summed E-state index contributed by atoms with van der Waals surface area (Å²) in [5.74, 6) is 0. The van der Waals surface area contributed by atoms with Gasteiger partial charge in [0.15, 0.2) is 0 Å². The molecular formula is C15H23N3OS. The van der Waals surface area contributed by atoms with Gasteiger partial charge in [0.1, 0.15) is 0 Å². The first-order valence-corrected chi connectivity index (χ1v) is 7.93. The number of aromatic nitrogens is 3. The molecule has 5 heteroatoms. The summed E-state index contributed by atoms with van der Waals surface area (Å²) in [6, 6.07) is 0. The smallest absolute Gasteiger partial charge is 0.0957 e. The Morgan fingerprint density at radius 3 is 2.75 bits per heavy atom. The van der Waals surface area contributed by atoms with Gasteiger partial charge in [0.2, 0.25) is 0 Å². The van der Waals surface area contributed by atoms with Crippen LogP contribution < -0.4 is 0 Å². The molecule has 0 aliphatic rings. The Morgan fingerprint density at radius 2 is 2.15 bits per heavy atom. The summed E-state index contributed by atoms with van der Waals surface area (Å²) >= 11 is 1.62. The first-order chi connectivity index (χ1) is 9.40. The van der Waals surface area contributed by atoms with E-state index in [-0.39, 0.29) is 5.41 Å². The number of rotatable bonds is 5. The summed E-state index contributed by atoms with van der Waals surface area (Å²) in [7, 11) is 0. The second kappa shape index (κ2) is 6.06. The minimum absolute atomic E-state index is 0.0612. The molecule has 1 N–H and O–H groups in total. The first-order valence-electron chi connectivity index (χ1n) is 7.05. The van der Waals surface area contributed by atoms with Crippen molar-refractivity contribution in [1.82, 2.24) is 14.8 Å². The maximum Gasteiger partial charge on any atom is 0.0957 e. The predicted octanol–water partition coefficient (Wildman–Crippen LogP) is 3.32. The van der Waals surface area contributed by atoms with Crippen molar-refractivity contribution in [2.45, 2.75) is 58.6 Å². The SMILES string of the molecule is CCCn1cc(C(O)Cc2nc(C(C)(C)C)cs2)cn1. The van der Waals surface area contributed by atoms with E-state index in [4.69, 9.17) is 0 Å². The molecule has 0 bridgehead atoms. The fourth-order valence-corrected chi connectivity index (χ4v) is 2.99. The van der Waals surface area contributed by atoms with Crippen LogP contribution in [0.25, 0.3) is 0 Å². The van der Waals surface area contributed by atoms with Gasteiger partial charge >= 0.3 is 0 Å². The Bertz CT molecular complexity index is 553. The molecule has 1 unspecified atom stereocenters. The summed E-state index contributed by atoms with van der Waals surface area (Å²) in [6.07, 6.45) is 4.74. The van der Waals surface area contributed by atoms with E-state index in [1.807, 2.05) is 10.9 Å². The van der Waals surface area contributed by atoms with Gasteiger partial charge in [0.25, 0.3) is 0 Å². The minimum atomic E-state index is -0.528. The Kier molecular flexibility index (Phi) is 4.60. The molecule has 20 heavy (non-hydrogen) atoms. The van der Waals surface area contributed by atoms with Crippen molar-refractivity contribution in [3.8, 4) is 0 Å². The molecule has 2 aromatic rings. The number of aliphatic hydroxyl groups excluding tert-OH is 1. The summed E-state index contributed by atoms with van der Waals surface area (Å²) in [5, 5.41) is 17.6. The molecule has 0 spiro atoms. The zero-order valence-electron chi connectivity index (χ0n) is 12.6. The molecule has 0 saturated carbocycles. The lowest BCUT2D eigenvalue weighted by atomic mass is 9.93. The van der Waals surface area contributed by atoms with Crippen LogP contribution in [0.4, 0.5) is 0 Å².